The van der Waals surface area contributed by atoms with Gasteiger partial charge in [0.15, 0.2) is 43.8 Å². The van der Waals surface area contributed by atoms with Gasteiger partial charge in [-0.05, 0) is 0 Å². The lowest BCUT2D eigenvalue weighted by Gasteiger charge is -2.50. The zero-order valence-electron chi connectivity index (χ0n) is 34.8. The van der Waals surface area contributed by atoms with Gasteiger partial charge in [0.1, 0.15) is 140 Å². The van der Waals surface area contributed by atoms with E-state index in [-0.39, 0.29) is 0 Å². The van der Waals surface area contributed by atoms with Gasteiger partial charge in [-0.3, -0.25) is 4.79 Å². The van der Waals surface area contributed by atoms with Crippen LogP contribution in [0.5, 0.6) is 0 Å². The van der Waals surface area contributed by atoms with Crippen LogP contribution in [0.2, 0.25) is 0 Å². The minimum Gasteiger partial charge on any atom is -0.394 e. The predicted molar refractivity (Wildman–Crippen MR) is 198 cm³/mol. The normalized spacial score (nSPS) is 54.6. The van der Waals surface area contributed by atoms with E-state index in [1.54, 1.807) is 0 Å². The van der Waals surface area contributed by atoms with E-state index in [2.05, 4.69) is 0 Å². The molecule has 12 bridgehead atoms. The first-order valence-corrected chi connectivity index (χ1v) is 21.2. The van der Waals surface area contributed by atoms with Gasteiger partial charge in [0.05, 0.1) is 33.0 Å². The first-order chi connectivity index (χ1) is 31.8. The lowest BCUT2D eigenvalue weighted by Crippen LogP contribution is -2.69. The van der Waals surface area contributed by atoms with E-state index in [4.69, 9.17) is 62.6 Å². The molecule has 1 amide bonds. The van der Waals surface area contributed by atoms with Gasteiger partial charge in [-0.25, -0.2) is 0 Å². The van der Waals surface area contributed by atoms with Crippen molar-refractivity contribution in [3.05, 3.63) is 0 Å². The number of carbonyl (C=O) groups excluding carboxylic acids is 1. The molecule has 0 aliphatic carbocycles. The van der Waals surface area contributed by atoms with E-state index in [1.807, 2.05) is 0 Å². The Morgan fingerprint density at radius 3 is 0.657 bits per heavy atom. The molecule has 31 heteroatoms. The van der Waals surface area contributed by atoms with Gasteiger partial charge in [0, 0.05) is 0 Å². The molecule has 0 aromatic heterocycles. The summed E-state index contributed by atoms with van der Waals surface area (Å²) in [6.45, 7) is -5.13. The Labute approximate surface area is 377 Å². The molecule has 67 heavy (non-hydrogen) atoms. The van der Waals surface area contributed by atoms with Crippen molar-refractivity contribution in [1.82, 2.24) is 0 Å². The van der Waals surface area contributed by atoms with E-state index in [0.717, 1.165) is 0 Å². The Balaban J connectivity index is 1.20. The number of rotatable bonds is 6. The van der Waals surface area contributed by atoms with Crippen LogP contribution < -0.4 is 5.73 Å². The number of nitrogens with two attached hydrogens (primary N) is 1. The number of hydrogen-bond donors (Lipinski definition) is 18. The summed E-state index contributed by atoms with van der Waals surface area (Å²) in [7, 11) is 0. The molecule has 0 radical (unpaired) electrons. The minimum absolute atomic E-state index is 1.01. The van der Waals surface area contributed by atoms with Gasteiger partial charge in [0.2, 0.25) is 5.91 Å². The molecule has 0 aromatic rings. The molecule has 19 N–H and O–H groups in total. The van der Waals surface area contributed by atoms with Crippen molar-refractivity contribution in [3.8, 4) is 0 Å². The van der Waals surface area contributed by atoms with E-state index in [9.17, 15) is 91.6 Å². The maximum absolute atomic E-state index is 12.7. The second kappa shape index (κ2) is 22.0. The molecule has 388 valence electrons. The standard InChI is InChI=1S/C36H59NO30/c37-30(55)29-28-16(48)22(54)36(67-29)65-27-10(5-42)59-34(20(52)14(27)46)63-25-8(3-40)57-32(18(50)12(25)44)61-23-6(1-38)56-31(17(49)11(23)43)62-24-7(2-39)58-33(19(51)13(24)45)64-26-9(4-41)60-35(66-28)21(53)15(26)47/h6-29,31-36,38-54H,1-5H2,(H2,37,55)/t6-,7-,8-,9-,10-,11-,12-,13-,14-,15-,16-,17-,18-,19-,20-,21-,22-,23-,24-,25-,26-,27-,28+,29-,31-,32-,33-,34-,35-,36-/m1/s1. The molecule has 22 aliphatic heterocycles. The highest BCUT2D eigenvalue weighted by atomic mass is 16.8. The summed E-state index contributed by atoms with van der Waals surface area (Å²) < 4.78 is 67.5. The largest absolute Gasteiger partial charge is 0.394 e. The van der Waals surface area contributed by atoms with Crippen molar-refractivity contribution in [2.75, 3.05) is 33.0 Å². The molecule has 22 heterocycles. The molecule has 0 aromatic carbocycles. The van der Waals surface area contributed by atoms with Crippen molar-refractivity contribution < 1.29 is 148 Å². The molecule has 22 fully saturated rings. The van der Waals surface area contributed by atoms with E-state index in [1.165, 1.54) is 0 Å². The number of primary amides is 1. The van der Waals surface area contributed by atoms with Crippen molar-refractivity contribution in [3.63, 3.8) is 0 Å². The second-order valence-electron chi connectivity index (χ2n) is 16.9. The summed E-state index contributed by atoms with van der Waals surface area (Å²) in [5, 5.41) is 185. The quantitative estimate of drug-likeness (QED) is 0.117. The SMILES string of the molecule is NC(=O)[C@@H]1O[C@H]2O[C@H]3[C@H](O)[C@@H](O)[C@@H](O[C@H]4[C@H](O)[C@@H](O)[C@@H](O[C@H]5[C@H](O)[C@@H](O)[C@@H](O[C@H]6[C@H](O)[C@@H](O)[C@@H](O[C@H]7[C@H](O)[C@@H](O)[C@@H](O[C@H]1[C@H](O)[C@H]2O)O[C@@H]7CO)O[C@@H]6CO)O[C@@H]5CO)O[C@@H]4CO)O[C@@H]3CO. The van der Waals surface area contributed by atoms with Crippen LogP contribution in [0.1, 0.15) is 0 Å². The Morgan fingerprint density at radius 2 is 0.463 bits per heavy atom. The molecule has 30 atom stereocenters. The Bertz CT molecular complexity index is 1600. The smallest absolute Gasteiger partial charge is 0.249 e. The molecular formula is C36H59NO30. The number of aliphatic hydroxyl groups excluding tert-OH is 17. The van der Waals surface area contributed by atoms with Gasteiger partial charge < -0.3 is 149 Å². The van der Waals surface area contributed by atoms with Crippen LogP contribution in [0.4, 0.5) is 0 Å². The number of hydrogen-bond acceptors (Lipinski definition) is 30. The lowest BCUT2D eigenvalue weighted by atomic mass is 9.94. The fourth-order valence-corrected chi connectivity index (χ4v) is 8.92. The zero-order chi connectivity index (χ0) is 48.9. The van der Waals surface area contributed by atoms with Crippen LogP contribution in [0.3, 0.4) is 0 Å². The number of carbonyl (C=O) groups is 1. The first kappa shape index (κ1) is 53.1. The highest BCUT2D eigenvalue weighted by molar-refractivity contribution is 5.79. The van der Waals surface area contributed by atoms with Crippen LogP contribution in [0, 0.1) is 0 Å². The molecule has 22 rings (SSSR count). The lowest BCUT2D eigenvalue weighted by molar-refractivity contribution is -0.402. The second-order valence-corrected chi connectivity index (χ2v) is 16.9. The summed E-state index contributed by atoms with van der Waals surface area (Å²) >= 11 is 0. The third-order valence-corrected chi connectivity index (χ3v) is 12.7. The Morgan fingerprint density at radius 1 is 0.284 bits per heavy atom. The van der Waals surface area contributed by atoms with Crippen LogP contribution in [0.15, 0.2) is 0 Å². The van der Waals surface area contributed by atoms with Gasteiger partial charge in [-0.15, -0.1) is 0 Å². The maximum atomic E-state index is 12.7. The Kier molecular flexibility index (Phi) is 17.4. The van der Waals surface area contributed by atoms with Gasteiger partial charge in [-0.1, -0.05) is 0 Å². The van der Waals surface area contributed by atoms with Crippen molar-refractivity contribution in [2.45, 2.75) is 184 Å². The summed E-state index contributed by atoms with van der Waals surface area (Å²) in [6.07, 6.45) is -60.5. The minimum atomic E-state index is -2.26. The third kappa shape index (κ3) is 10.2. The topological polar surface area (TPSA) is 498 Å². The van der Waals surface area contributed by atoms with E-state index in [0.29, 0.717) is 0 Å². The van der Waals surface area contributed by atoms with Crippen LogP contribution >= 0.6 is 0 Å². The van der Waals surface area contributed by atoms with E-state index >= 15 is 0 Å². The summed E-state index contributed by atoms with van der Waals surface area (Å²) in [5.74, 6) is -1.39. The van der Waals surface area contributed by atoms with Gasteiger partial charge in [-0.2, -0.15) is 0 Å². The van der Waals surface area contributed by atoms with Gasteiger partial charge >= 0.3 is 0 Å². The average Bonchev–Trinajstić information content (AvgIpc) is 3.31. The maximum Gasteiger partial charge on any atom is 0.249 e. The molecular weight excluding hydrogens is 926 g/mol. The first-order valence-electron chi connectivity index (χ1n) is 21.2. The predicted octanol–water partition coefficient (Wildman–Crippen LogP) is -13.6. The average molecular weight is 986 g/mol. The van der Waals surface area contributed by atoms with Crippen molar-refractivity contribution in [1.29, 1.82) is 0 Å². The number of ether oxygens (including phenoxy) is 12. The fraction of sp³-hybridized carbons (Fsp3) is 0.972. The fourth-order valence-electron chi connectivity index (χ4n) is 8.92. The number of aliphatic hydroxyl groups is 17. The van der Waals surface area contributed by atoms with Crippen LogP contribution in [-0.2, 0) is 61.6 Å². The summed E-state index contributed by atoms with van der Waals surface area (Å²) in [4.78, 5) is 12.7. The van der Waals surface area contributed by atoms with Crippen LogP contribution in [0.25, 0.3) is 0 Å². The third-order valence-electron chi connectivity index (χ3n) is 12.7. The monoisotopic (exact) mass is 985 g/mol. The summed E-state index contributed by atoms with van der Waals surface area (Å²) in [6, 6.07) is 0. The molecule has 22 saturated heterocycles. The van der Waals surface area contributed by atoms with Gasteiger partial charge in [0.25, 0.3) is 0 Å². The van der Waals surface area contributed by atoms with Crippen molar-refractivity contribution >= 4 is 5.91 Å². The summed E-state index contributed by atoms with van der Waals surface area (Å²) in [5.41, 5.74) is 5.53. The number of amides is 1. The molecule has 31 nitrogen and oxygen atoms in total. The van der Waals surface area contributed by atoms with Crippen molar-refractivity contribution in [2.24, 2.45) is 5.73 Å². The molecule has 0 unspecified atom stereocenters. The zero-order valence-corrected chi connectivity index (χ0v) is 34.8. The highest BCUT2D eigenvalue weighted by Gasteiger charge is 2.59. The molecule has 0 spiro atoms. The van der Waals surface area contributed by atoms with E-state index < -0.39 is 223 Å². The molecule has 0 saturated carbocycles. The molecule has 22 aliphatic rings. The Hall–Kier alpha value is -1.69. The van der Waals surface area contributed by atoms with Crippen LogP contribution in [-0.4, -0.2) is 310 Å². The highest BCUT2D eigenvalue weighted by Crippen LogP contribution is 2.38.